The first-order valence-electron chi connectivity index (χ1n) is 6.11. The molecule has 0 aliphatic rings. The van der Waals surface area contributed by atoms with Gasteiger partial charge in [0, 0.05) is 5.57 Å². The van der Waals surface area contributed by atoms with E-state index in [0.717, 1.165) is 16.7 Å². The molecule has 0 saturated carbocycles. The van der Waals surface area contributed by atoms with Crippen molar-refractivity contribution in [1.82, 2.24) is 0 Å². The molecule has 0 aliphatic carbocycles. The van der Waals surface area contributed by atoms with Crippen LogP contribution in [-0.4, -0.2) is 5.11 Å². The molecule has 1 nitrogen and oxygen atoms in total. The van der Waals surface area contributed by atoms with E-state index < -0.39 is 0 Å². The van der Waals surface area contributed by atoms with Gasteiger partial charge in [-0.2, -0.15) is 0 Å². The quantitative estimate of drug-likeness (QED) is 0.760. The van der Waals surface area contributed by atoms with E-state index in [-0.39, 0.29) is 0 Å². The van der Waals surface area contributed by atoms with E-state index in [9.17, 15) is 5.11 Å². The Kier molecular flexibility index (Phi) is 3.52. The second-order valence-corrected chi connectivity index (χ2v) is 4.68. The summed E-state index contributed by atoms with van der Waals surface area (Å²) in [5, 5.41) is 9.59. The van der Waals surface area contributed by atoms with Crippen LogP contribution in [0.15, 0.2) is 48.7 Å². The van der Waals surface area contributed by atoms with Crippen LogP contribution in [0.1, 0.15) is 27.8 Å². The molecule has 0 saturated heterocycles. The molecule has 0 heterocycles. The first-order valence-corrected chi connectivity index (χ1v) is 6.11. The monoisotopic (exact) mass is 238 g/mol. The molecule has 0 aromatic heterocycles. The smallest absolute Gasteiger partial charge is 0.0876 e. The van der Waals surface area contributed by atoms with Crippen molar-refractivity contribution >= 4 is 5.57 Å². The van der Waals surface area contributed by atoms with Crippen molar-refractivity contribution in [2.45, 2.75) is 20.8 Å². The Bertz CT molecular complexity index is 557. The van der Waals surface area contributed by atoms with Gasteiger partial charge in [-0.05, 0) is 43.0 Å². The molecule has 0 spiro atoms. The van der Waals surface area contributed by atoms with Gasteiger partial charge in [0.15, 0.2) is 0 Å². The molecule has 2 aromatic rings. The molecule has 0 fully saturated rings. The van der Waals surface area contributed by atoms with E-state index >= 15 is 0 Å². The van der Waals surface area contributed by atoms with Gasteiger partial charge in [0.2, 0.25) is 0 Å². The SMILES string of the molecule is Cc1cc(C)c(/C(=C/O)c2ccccc2)c(C)c1. The van der Waals surface area contributed by atoms with Crippen LogP contribution in [0.25, 0.3) is 5.57 Å². The Labute approximate surface area is 108 Å². The minimum atomic E-state index is 0.880. The second kappa shape index (κ2) is 5.09. The van der Waals surface area contributed by atoms with E-state index in [4.69, 9.17) is 0 Å². The summed E-state index contributed by atoms with van der Waals surface area (Å²) in [6.07, 6.45) is 1.21. The molecular weight excluding hydrogens is 220 g/mol. The summed E-state index contributed by atoms with van der Waals surface area (Å²) >= 11 is 0. The van der Waals surface area contributed by atoms with E-state index in [0.29, 0.717) is 0 Å². The van der Waals surface area contributed by atoms with Crippen molar-refractivity contribution in [2.75, 3.05) is 0 Å². The maximum absolute atomic E-state index is 9.59. The summed E-state index contributed by atoms with van der Waals surface area (Å²) in [4.78, 5) is 0. The standard InChI is InChI=1S/C17H18O/c1-12-9-13(2)17(14(3)10-12)16(11-18)15-7-5-4-6-8-15/h4-11,18H,1-3H3/b16-11+. The van der Waals surface area contributed by atoms with Crippen molar-refractivity contribution in [3.63, 3.8) is 0 Å². The molecule has 0 bridgehead atoms. The molecule has 1 N–H and O–H groups in total. The Morgan fingerprint density at radius 1 is 0.944 bits per heavy atom. The van der Waals surface area contributed by atoms with Crippen molar-refractivity contribution in [2.24, 2.45) is 0 Å². The second-order valence-electron chi connectivity index (χ2n) is 4.68. The largest absolute Gasteiger partial charge is 0.515 e. The molecule has 0 unspecified atom stereocenters. The van der Waals surface area contributed by atoms with Crippen molar-refractivity contribution in [3.8, 4) is 0 Å². The molecule has 92 valence electrons. The van der Waals surface area contributed by atoms with Gasteiger partial charge in [-0.25, -0.2) is 0 Å². The van der Waals surface area contributed by atoms with Gasteiger partial charge >= 0.3 is 0 Å². The summed E-state index contributed by atoms with van der Waals surface area (Å²) in [5.41, 5.74) is 6.67. The average molecular weight is 238 g/mol. The van der Waals surface area contributed by atoms with E-state index in [1.54, 1.807) is 0 Å². The molecule has 0 radical (unpaired) electrons. The van der Waals surface area contributed by atoms with Gasteiger partial charge in [0.05, 0.1) is 6.26 Å². The van der Waals surface area contributed by atoms with Crippen LogP contribution in [0.5, 0.6) is 0 Å². The van der Waals surface area contributed by atoms with E-state index in [1.807, 2.05) is 30.3 Å². The van der Waals surface area contributed by atoms with Gasteiger partial charge in [-0.1, -0.05) is 48.0 Å². The number of hydrogen-bond acceptors (Lipinski definition) is 1. The topological polar surface area (TPSA) is 20.2 Å². The highest BCUT2D eigenvalue weighted by atomic mass is 16.2. The zero-order valence-electron chi connectivity index (χ0n) is 11.1. The highest BCUT2D eigenvalue weighted by Crippen LogP contribution is 2.29. The minimum absolute atomic E-state index is 0.880. The number of hydrogen-bond donors (Lipinski definition) is 1. The third-order valence-electron chi connectivity index (χ3n) is 3.16. The number of aliphatic hydroxyl groups is 1. The van der Waals surface area contributed by atoms with Crippen LogP contribution < -0.4 is 0 Å². The lowest BCUT2D eigenvalue weighted by molar-refractivity contribution is 0.476. The Morgan fingerprint density at radius 2 is 1.50 bits per heavy atom. The lowest BCUT2D eigenvalue weighted by Gasteiger charge is -2.14. The maximum Gasteiger partial charge on any atom is 0.0876 e. The maximum atomic E-state index is 9.59. The first kappa shape index (κ1) is 12.4. The predicted octanol–water partition coefficient (Wildman–Crippen LogP) is 4.56. The zero-order chi connectivity index (χ0) is 13.1. The van der Waals surface area contributed by atoms with Crippen LogP contribution in [-0.2, 0) is 0 Å². The summed E-state index contributed by atoms with van der Waals surface area (Å²) in [5.74, 6) is 0. The van der Waals surface area contributed by atoms with Gasteiger partial charge in [0.1, 0.15) is 0 Å². The predicted molar refractivity (Wildman–Crippen MR) is 76.8 cm³/mol. The van der Waals surface area contributed by atoms with Gasteiger partial charge < -0.3 is 5.11 Å². The molecule has 1 heteroatoms. The zero-order valence-corrected chi connectivity index (χ0v) is 11.1. The lowest BCUT2D eigenvalue weighted by Crippen LogP contribution is -1.96. The average Bonchev–Trinajstić information content (AvgIpc) is 2.34. The fraction of sp³-hybridized carbons (Fsp3) is 0.176. The molecule has 18 heavy (non-hydrogen) atoms. The van der Waals surface area contributed by atoms with Crippen LogP contribution in [0.2, 0.25) is 0 Å². The Morgan fingerprint density at radius 3 is 2.00 bits per heavy atom. The highest BCUT2D eigenvalue weighted by molar-refractivity contribution is 5.82. The molecular formula is C17H18O. The van der Waals surface area contributed by atoms with E-state index in [2.05, 4.69) is 32.9 Å². The Balaban J connectivity index is 2.61. The first-order chi connectivity index (χ1) is 8.63. The third kappa shape index (κ3) is 2.30. The lowest BCUT2D eigenvalue weighted by atomic mass is 9.90. The van der Waals surface area contributed by atoms with Crippen LogP contribution in [0.4, 0.5) is 0 Å². The number of benzene rings is 2. The third-order valence-corrected chi connectivity index (χ3v) is 3.16. The van der Waals surface area contributed by atoms with Crippen molar-refractivity contribution < 1.29 is 5.11 Å². The summed E-state index contributed by atoms with van der Waals surface area (Å²) in [7, 11) is 0. The minimum Gasteiger partial charge on any atom is -0.515 e. The normalized spacial score (nSPS) is 11.6. The van der Waals surface area contributed by atoms with Gasteiger partial charge in [0.25, 0.3) is 0 Å². The van der Waals surface area contributed by atoms with Crippen LogP contribution >= 0.6 is 0 Å². The number of rotatable bonds is 2. The molecule has 0 aliphatic heterocycles. The molecule has 2 rings (SSSR count). The van der Waals surface area contributed by atoms with Crippen LogP contribution in [0, 0.1) is 20.8 Å². The van der Waals surface area contributed by atoms with Crippen molar-refractivity contribution in [1.29, 1.82) is 0 Å². The fourth-order valence-electron chi connectivity index (χ4n) is 2.51. The summed E-state index contributed by atoms with van der Waals surface area (Å²) in [6.45, 7) is 6.26. The van der Waals surface area contributed by atoms with Gasteiger partial charge in [-0.3, -0.25) is 0 Å². The van der Waals surface area contributed by atoms with Gasteiger partial charge in [-0.15, -0.1) is 0 Å². The highest BCUT2D eigenvalue weighted by Gasteiger charge is 2.11. The molecule has 0 atom stereocenters. The van der Waals surface area contributed by atoms with Crippen LogP contribution in [0.3, 0.4) is 0 Å². The fourth-order valence-corrected chi connectivity index (χ4v) is 2.51. The molecule has 0 amide bonds. The summed E-state index contributed by atoms with van der Waals surface area (Å²) < 4.78 is 0. The Hall–Kier alpha value is -2.02. The molecule has 2 aromatic carbocycles. The van der Waals surface area contributed by atoms with E-state index in [1.165, 1.54) is 23.0 Å². The van der Waals surface area contributed by atoms with Crippen molar-refractivity contribution in [3.05, 3.63) is 76.5 Å². The number of aliphatic hydroxyl groups excluding tert-OH is 1. The number of aryl methyl sites for hydroxylation is 3. The summed E-state index contributed by atoms with van der Waals surface area (Å²) in [6, 6.07) is 14.3.